The number of hydrogen-bond acceptors (Lipinski definition) is 4. The molecular weight excluding hydrogens is 258 g/mol. The molecule has 2 rings (SSSR count). The Bertz CT molecular complexity index is 369. The highest BCUT2D eigenvalue weighted by Gasteiger charge is 2.47. The van der Waals surface area contributed by atoms with Gasteiger partial charge in [-0.25, -0.2) is 9.97 Å². The summed E-state index contributed by atoms with van der Waals surface area (Å²) in [5.74, 6) is 0.793. The van der Waals surface area contributed by atoms with Crippen LogP contribution in [0.15, 0.2) is 17.0 Å². The van der Waals surface area contributed by atoms with E-state index in [4.69, 9.17) is 0 Å². The van der Waals surface area contributed by atoms with Gasteiger partial charge in [0.15, 0.2) is 0 Å². The molecule has 4 nitrogen and oxygen atoms in total. The topological polar surface area (TPSA) is 58.0 Å². The lowest BCUT2D eigenvalue weighted by Crippen LogP contribution is -2.57. The van der Waals surface area contributed by atoms with E-state index < -0.39 is 0 Å². The second kappa shape index (κ2) is 3.72. The molecule has 0 bridgehead atoms. The quantitative estimate of drug-likeness (QED) is 0.806. The first-order chi connectivity index (χ1) is 7.00. The third-order valence-corrected chi connectivity index (χ3v) is 3.61. The first-order valence-electron chi connectivity index (χ1n) is 4.92. The zero-order chi connectivity index (χ0) is 11.1. The van der Waals surface area contributed by atoms with Gasteiger partial charge in [0.05, 0.1) is 6.10 Å². The predicted octanol–water partition coefficient (Wildman–Crippen LogP) is 1.81. The zero-order valence-corrected chi connectivity index (χ0v) is 10.3. The number of aliphatic hydroxyl groups excluding tert-OH is 1. The molecule has 5 heteroatoms. The maximum atomic E-state index is 9.60. The van der Waals surface area contributed by atoms with E-state index in [1.807, 2.05) is 6.07 Å². The molecule has 0 aliphatic heterocycles. The molecule has 1 aliphatic rings. The third kappa shape index (κ3) is 1.99. The van der Waals surface area contributed by atoms with Crippen molar-refractivity contribution >= 4 is 21.7 Å². The van der Waals surface area contributed by atoms with E-state index in [1.165, 1.54) is 6.33 Å². The fraction of sp³-hybridized carbons (Fsp3) is 0.600. The van der Waals surface area contributed by atoms with Crippen molar-refractivity contribution in [2.24, 2.45) is 5.41 Å². The fourth-order valence-corrected chi connectivity index (χ4v) is 2.05. The van der Waals surface area contributed by atoms with Crippen LogP contribution in [-0.2, 0) is 0 Å². The van der Waals surface area contributed by atoms with Crippen LogP contribution >= 0.6 is 15.9 Å². The molecule has 1 heterocycles. The van der Waals surface area contributed by atoms with E-state index in [0.717, 1.165) is 16.8 Å². The molecule has 0 amide bonds. The molecule has 0 aromatic carbocycles. The van der Waals surface area contributed by atoms with Crippen molar-refractivity contribution in [2.45, 2.75) is 32.4 Å². The van der Waals surface area contributed by atoms with Gasteiger partial charge in [0.2, 0.25) is 0 Å². The molecule has 2 unspecified atom stereocenters. The lowest BCUT2D eigenvalue weighted by molar-refractivity contribution is -0.0511. The van der Waals surface area contributed by atoms with Crippen molar-refractivity contribution in [3.8, 4) is 0 Å². The van der Waals surface area contributed by atoms with Gasteiger partial charge in [0, 0.05) is 17.5 Å². The molecule has 2 atom stereocenters. The first-order valence-corrected chi connectivity index (χ1v) is 5.71. The standard InChI is InChI=1S/C10H14BrN3O/c1-10(2)6(3-7(10)15)14-9-4-8(11)12-5-13-9/h4-7,15H,3H2,1-2H3,(H,12,13,14). The first kappa shape index (κ1) is 10.8. The average Bonchev–Trinajstić information content (AvgIpc) is 2.17. The maximum Gasteiger partial charge on any atom is 0.130 e. The normalized spacial score (nSPS) is 28.3. The molecule has 82 valence electrons. The van der Waals surface area contributed by atoms with Gasteiger partial charge in [-0.3, -0.25) is 0 Å². The van der Waals surface area contributed by atoms with Crippen LogP contribution in [0.1, 0.15) is 20.3 Å². The number of nitrogens with one attached hydrogen (secondary N) is 1. The van der Waals surface area contributed by atoms with Gasteiger partial charge in [-0.15, -0.1) is 0 Å². The second-order valence-corrected chi connectivity index (χ2v) is 5.31. The van der Waals surface area contributed by atoms with Crippen molar-refractivity contribution in [3.05, 3.63) is 17.0 Å². The summed E-state index contributed by atoms with van der Waals surface area (Å²) in [4.78, 5) is 8.08. The summed E-state index contributed by atoms with van der Waals surface area (Å²) >= 11 is 3.29. The van der Waals surface area contributed by atoms with Gasteiger partial charge in [-0.2, -0.15) is 0 Å². The van der Waals surface area contributed by atoms with Gasteiger partial charge < -0.3 is 10.4 Å². The summed E-state index contributed by atoms with van der Waals surface area (Å²) < 4.78 is 0.762. The highest BCUT2D eigenvalue weighted by molar-refractivity contribution is 9.10. The van der Waals surface area contributed by atoms with Gasteiger partial charge in [0.25, 0.3) is 0 Å². The number of rotatable bonds is 2. The molecule has 0 radical (unpaired) electrons. The number of nitrogens with zero attached hydrogens (tertiary/aromatic N) is 2. The SMILES string of the molecule is CC1(C)C(O)CC1Nc1cc(Br)ncn1. The van der Waals surface area contributed by atoms with Crippen molar-refractivity contribution in [1.82, 2.24) is 9.97 Å². The van der Waals surface area contributed by atoms with E-state index in [1.54, 1.807) is 0 Å². The molecule has 1 aromatic rings. The van der Waals surface area contributed by atoms with Crippen LogP contribution in [0.4, 0.5) is 5.82 Å². The summed E-state index contributed by atoms with van der Waals surface area (Å²) in [7, 11) is 0. The Balaban J connectivity index is 2.05. The lowest BCUT2D eigenvalue weighted by atomic mass is 9.64. The Morgan fingerprint density at radius 1 is 1.53 bits per heavy atom. The summed E-state index contributed by atoms with van der Waals surface area (Å²) in [6.07, 6.45) is 2.06. The minimum absolute atomic E-state index is 0.0859. The molecule has 1 saturated carbocycles. The van der Waals surface area contributed by atoms with Crippen LogP contribution in [0.2, 0.25) is 0 Å². The molecular formula is C10H14BrN3O. The molecule has 1 aliphatic carbocycles. The van der Waals surface area contributed by atoms with Crippen molar-refractivity contribution < 1.29 is 5.11 Å². The summed E-state index contributed by atoms with van der Waals surface area (Å²) in [6, 6.07) is 2.11. The van der Waals surface area contributed by atoms with Crippen LogP contribution in [0, 0.1) is 5.41 Å². The van der Waals surface area contributed by atoms with E-state index in [-0.39, 0.29) is 17.6 Å². The minimum Gasteiger partial charge on any atom is -0.392 e. The van der Waals surface area contributed by atoms with Crippen molar-refractivity contribution in [1.29, 1.82) is 0 Å². The third-order valence-electron chi connectivity index (χ3n) is 3.17. The van der Waals surface area contributed by atoms with E-state index in [2.05, 4.69) is 45.1 Å². The molecule has 1 fully saturated rings. The summed E-state index contributed by atoms with van der Waals surface area (Å²) in [6.45, 7) is 4.10. The molecule has 2 N–H and O–H groups in total. The van der Waals surface area contributed by atoms with Crippen LogP contribution in [-0.4, -0.2) is 27.2 Å². The lowest BCUT2D eigenvalue weighted by Gasteiger charge is -2.49. The number of anilines is 1. The van der Waals surface area contributed by atoms with Crippen molar-refractivity contribution in [3.63, 3.8) is 0 Å². The minimum atomic E-state index is -0.222. The van der Waals surface area contributed by atoms with Gasteiger partial charge >= 0.3 is 0 Å². The number of halogens is 1. The average molecular weight is 272 g/mol. The van der Waals surface area contributed by atoms with E-state index in [0.29, 0.717) is 0 Å². The molecule has 0 spiro atoms. The predicted molar refractivity (Wildman–Crippen MR) is 61.5 cm³/mol. The Morgan fingerprint density at radius 3 is 2.80 bits per heavy atom. The maximum absolute atomic E-state index is 9.60. The Morgan fingerprint density at radius 2 is 2.27 bits per heavy atom. The highest BCUT2D eigenvalue weighted by atomic mass is 79.9. The Hall–Kier alpha value is -0.680. The smallest absolute Gasteiger partial charge is 0.130 e. The Kier molecular flexibility index (Phi) is 2.68. The summed E-state index contributed by atoms with van der Waals surface area (Å²) in [5, 5.41) is 12.9. The van der Waals surface area contributed by atoms with Gasteiger partial charge in [-0.05, 0) is 22.4 Å². The number of aromatic nitrogens is 2. The fourth-order valence-electron chi connectivity index (χ4n) is 1.74. The van der Waals surface area contributed by atoms with Crippen LogP contribution in [0.5, 0.6) is 0 Å². The molecule has 1 aromatic heterocycles. The molecule has 15 heavy (non-hydrogen) atoms. The summed E-state index contributed by atoms with van der Waals surface area (Å²) in [5.41, 5.74) is -0.0859. The van der Waals surface area contributed by atoms with Crippen molar-refractivity contribution in [2.75, 3.05) is 5.32 Å². The van der Waals surface area contributed by atoms with Crippen LogP contribution in [0.3, 0.4) is 0 Å². The highest BCUT2D eigenvalue weighted by Crippen LogP contribution is 2.41. The van der Waals surface area contributed by atoms with Crippen LogP contribution < -0.4 is 5.32 Å². The largest absolute Gasteiger partial charge is 0.392 e. The number of aliphatic hydroxyl groups is 1. The number of hydrogen-bond donors (Lipinski definition) is 2. The van der Waals surface area contributed by atoms with Crippen LogP contribution in [0.25, 0.3) is 0 Å². The second-order valence-electron chi connectivity index (χ2n) is 4.50. The Labute approximate surface area is 97.3 Å². The van der Waals surface area contributed by atoms with E-state index >= 15 is 0 Å². The van der Waals surface area contributed by atoms with Gasteiger partial charge in [0.1, 0.15) is 16.7 Å². The van der Waals surface area contributed by atoms with Gasteiger partial charge in [-0.1, -0.05) is 13.8 Å². The van der Waals surface area contributed by atoms with E-state index in [9.17, 15) is 5.11 Å². The zero-order valence-electron chi connectivity index (χ0n) is 8.74. The monoisotopic (exact) mass is 271 g/mol. The molecule has 0 saturated heterocycles.